The Bertz CT molecular complexity index is 839. The summed E-state index contributed by atoms with van der Waals surface area (Å²) in [5.41, 5.74) is 1.62. The predicted octanol–water partition coefficient (Wildman–Crippen LogP) is 3.20. The Hall–Kier alpha value is -1.77. The van der Waals surface area contributed by atoms with Crippen molar-refractivity contribution in [3.8, 4) is 0 Å². The normalized spacial score (nSPS) is 11.3. The molecule has 0 saturated heterocycles. The Morgan fingerprint density at radius 1 is 1.17 bits per heavy atom. The zero-order chi connectivity index (χ0) is 17.7. The van der Waals surface area contributed by atoms with Crippen LogP contribution in [-0.4, -0.2) is 20.9 Å². The summed E-state index contributed by atoms with van der Waals surface area (Å²) in [7, 11) is -3.76. The Kier molecular flexibility index (Phi) is 6.09. The van der Waals surface area contributed by atoms with Crippen molar-refractivity contribution in [2.45, 2.75) is 18.2 Å². The van der Waals surface area contributed by atoms with E-state index in [1.807, 2.05) is 19.1 Å². The zero-order valence-corrected chi connectivity index (χ0v) is 15.2. The van der Waals surface area contributed by atoms with Gasteiger partial charge in [-0.2, -0.15) is 0 Å². The summed E-state index contributed by atoms with van der Waals surface area (Å²) in [4.78, 5) is 11.8. The summed E-state index contributed by atoms with van der Waals surface area (Å²) in [6, 6.07) is 9.85. The van der Waals surface area contributed by atoms with Crippen molar-refractivity contribution in [1.29, 1.82) is 0 Å². The highest BCUT2D eigenvalue weighted by molar-refractivity contribution is 9.10. The van der Waals surface area contributed by atoms with Crippen LogP contribution in [0, 0.1) is 12.7 Å². The van der Waals surface area contributed by atoms with E-state index in [0.717, 1.165) is 22.2 Å². The number of rotatable bonds is 6. The fourth-order valence-corrected chi connectivity index (χ4v) is 3.22. The monoisotopic (exact) mass is 414 g/mol. The second-order valence-corrected chi connectivity index (χ2v) is 7.74. The van der Waals surface area contributed by atoms with Crippen molar-refractivity contribution in [2.75, 3.05) is 11.9 Å². The molecule has 0 atom stereocenters. The van der Waals surface area contributed by atoms with Crippen LogP contribution in [0.25, 0.3) is 0 Å². The van der Waals surface area contributed by atoms with Gasteiger partial charge in [0, 0.05) is 23.1 Å². The first-order valence-electron chi connectivity index (χ1n) is 7.09. The molecule has 0 heterocycles. The van der Waals surface area contributed by atoms with Crippen LogP contribution in [0.2, 0.25) is 0 Å². The number of halogens is 2. The highest BCUT2D eigenvalue weighted by Gasteiger charge is 2.14. The first kappa shape index (κ1) is 18.6. The van der Waals surface area contributed by atoms with Crippen LogP contribution in [0.5, 0.6) is 0 Å². The molecule has 8 heteroatoms. The molecule has 0 aromatic heterocycles. The standard InChI is InChI=1S/C16H16BrFN2O3S/c1-11-10-13(4-7-15(11)17)20-16(21)8-9-19-24(22,23)14-5-2-12(18)3-6-14/h2-7,10,19H,8-9H2,1H3,(H,20,21). The predicted molar refractivity (Wildman–Crippen MR) is 93.7 cm³/mol. The highest BCUT2D eigenvalue weighted by Crippen LogP contribution is 2.20. The third-order valence-electron chi connectivity index (χ3n) is 3.21. The van der Waals surface area contributed by atoms with Crippen LogP contribution >= 0.6 is 15.9 Å². The molecule has 0 radical (unpaired) electrons. The fourth-order valence-electron chi connectivity index (χ4n) is 1.94. The summed E-state index contributed by atoms with van der Waals surface area (Å²) < 4.78 is 40.1. The molecule has 0 saturated carbocycles. The van der Waals surface area contributed by atoms with Gasteiger partial charge in [-0.25, -0.2) is 17.5 Å². The second kappa shape index (κ2) is 7.87. The Morgan fingerprint density at radius 3 is 2.46 bits per heavy atom. The van der Waals surface area contributed by atoms with Crippen LogP contribution in [0.15, 0.2) is 51.8 Å². The van der Waals surface area contributed by atoms with Crippen LogP contribution < -0.4 is 10.0 Å². The van der Waals surface area contributed by atoms with Gasteiger partial charge in [0.05, 0.1) is 4.90 Å². The van der Waals surface area contributed by atoms with E-state index in [9.17, 15) is 17.6 Å². The van der Waals surface area contributed by atoms with E-state index in [-0.39, 0.29) is 23.8 Å². The molecule has 0 unspecified atom stereocenters. The van der Waals surface area contributed by atoms with Crippen molar-refractivity contribution in [2.24, 2.45) is 0 Å². The van der Waals surface area contributed by atoms with Crippen molar-refractivity contribution in [1.82, 2.24) is 4.72 Å². The number of carbonyl (C=O) groups excluding carboxylic acids is 1. The molecule has 128 valence electrons. The van der Waals surface area contributed by atoms with Crippen LogP contribution in [-0.2, 0) is 14.8 Å². The van der Waals surface area contributed by atoms with Crippen molar-refractivity contribution in [3.63, 3.8) is 0 Å². The van der Waals surface area contributed by atoms with Gasteiger partial charge >= 0.3 is 0 Å². The number of sulfonamides is 1. The first-order chi connectivity index (χ1) is 11.3. The third-order valence-corrected chi connectivity index (χ3v) is 5.58. The maximum atomic E-state index is 12.8. The number of benzene rings is 2. The summed E-state index contributed by atoms with van der Waals surface area (Å²) in [5.74, 6) is -0.823. The van der Waals surface area contributed by atoms with Gasteiger partial charge in [-0.3, -0.25) is 4.79 Å². The fraction of sp³-hybridized carbons (Fsp3) is 0.188. The molecule has 2 rings (SSSR count). The van der Waals surface area contributed by atoms with E-state index in [1.54, 1.807) is 6.07 Å². The number of nitrogens with one attached hydrogen (secondary N) is 2. The number of carbonyl (C=O) groups is 1. The molecule has 2 aromatic carbocycles. The molecule has 0 aliphatic heterocycles. The van der Waals surface area contributed by atoms with E-state index >= 15 is 0 Å². The minimum absolute atomic E-state index is 0.0183. The lowest BCUT2D eigenvalue weighted by atomic mass is 10.2. The van der Waals surface area contributed by atoms with E-state index in [0.29, 0.717) is 5.69 Å². The lowest BCUT2D eigenvalue weighted by Gasteiger charge is -2.08. The van der Waals surface area contributed by atoms with Gasteiger partial charge in [-0.05, 0) is 55.0 Å². The van der Waals surface area contributed by atoms with E-state index in [2.05, 4.69) is 26.0 Å². The molecule has 1 amide bonds. The second-order valence-electron chi connectivity index (χ2n) is 5.11. The molecule has 0 bridgehead atoms. The summed E-state index contributed by atoms with van der Waals surface area (Å²) in [6.45, 7) is 1.84. The minimum Gasteiger partial charge on any atom is -0.326 e. The molecular weight excluding hydrogens is 399 g/mol. The van der Waals surface area contributed by atoms with Crippen molar-refractivity contribution >= 4 is 37.5 Å². The van der Waals surface area contributed by atoms with Gasteiger partial charge in [0.1, 0.15) is 5.82 Å². The Morgan fingerprint density at radius 2 is 1.83 bits per heavy atom. The number of hydrogen-bond donors (Lipinski definition) is 2. The number of hydrogen-bond acceptors (Lipinski definition) is 3. The number of aryl methyl sites for hydroxylation is 1. The van der Waals surface area contributed by atoms with Gasteiger partial charge in [-0.15, -0.1) is 0 Å². The average molecular weight is 415 g/mol. The van der Waals surface area contributed by atoms with Crippen LogP contribution in [0.4, 0.5) is 10.1 Å². The van der Waals surface area contributed by atoms with E-state index in [4.69, 9.17) is 0 Å². The largest absolute Gasteiger partial charge is 0.326 e. The molecule has 2 N–H and O–H groups in total. The Balaban J connectivity index is 1.87. The third kappa shape index (κ3) is 5.12. The van der Waals surface area contributed by atoms with Gasteiger partial charge in [0.2, 0.25) is 15.9 Å². The molecule has 0 spiro atoms. The molecule has 2 aromatic rings. The number of anilines is 1. The van der Waals surface area contributed by atoms with Crippen molar-refractivity contribution < 1.29 is 17.6 Å². The average Bonchev–Trinajstić information content (AvgIpc) is 2.51. The lowest BCUT2D eigenvalue weighted by molar-refractivity contribution is -0.116. The maximum absolute atomic E-state index is 12.8. The number of amides is 1. The minimum atomic E-state index is -3.76. The molecule has 5 nitrogen and oxygen atoms in total. The molecule has 0 aliphatic rings. The van der Waals surface area contributed by atoms with Gasteiger partial charge in [0.15, 0.2) is 0 Å². The molecular formula is C16H16BrFN2O3S. The maximum Gasteiger partial charge on any atom is 0.240 e. The summed E-state index contributed by atoms with van der Waals surface area (Å²) in [6.07, 6.45) is -0.0183. The Labute approximate surface area is 148 Å². The molecule has 0 aliphatic carbocycles. The van der Waals surface area contributed by atoms with Gasteiger partial charge in [-0.1, -0.05) is 15.9 Å². The van der Waals surface area contributed by atoms with Crippen LogP contribution in [0.1, 0.15) is 12.0 Å². The first-order valence-corrected chi connectivity index (χ1v) is 9.37. The zero-order valence-electron chi connectivity index (χ0n) is 12.8. The van der Waals surface area contributed by atoms with E-state index in [1.165, 1.54) is 12.1 Å². The lowest BCUT2D eigenvalue weighted by Crippen LogP contribution is -2.27. The summed E-state index contributed by atoms with van der Waals surface area (Å²) in [5, 5.41) is 2.70. The molecule has 0 fully saturated rings. The van der Waals surface area contributed by atoms with Crippen molar-refractivity contribution in [3.05, 3.63) is 58.3 Å². The van der Waals surface area contributed by atoms with Gasteiger partial charge < -0.3 is 5.32 Å². The SMILES string of the molecule is Cc1cc(NC(=O)CCNS(=O)(=O)c2ccc(F)cc2)ccc1Br. The highest BCUT2D eigenvalue weighted by atomic mass is 79.9. The smallest absolute Gasteiger partial charge is 0.240 e. The molecule has 24 heavy (non-hydrogen) atoms. The topological polar surface area (TPSA) is 75.3 Å². The summed E-state index contributed by atoms with van der Waals surface area (Å²) >= 11 is 3.37. The quantitative estimate of drug-likeness (QED) is 0.761. The van der Waals surface area contributed by atoms with Crippen LogP contribution in [0.3, 0.4) is 0 Å². The van der Waals surface area contributed by atoms with Gasteiger partial charge in [0.25, 0.3) is 0 Å². The van der Waals surface area contributed by atoms with E-state index < -0.39 is 15.8 Å².